The Morgan fingerprint density at radius 2 is 1.96 bits per heavy atom. The summed E-state index contributed by atoms with van der Waals surface area (Å²) in [5, 5.41) is 3.05. The molecule has 0 saturated carbocycles. The number of hydrogen-bond acceptors (Lipinski definition) is 5. The van der Waals surface area contributed by atoms with Gasteiger partial charge in [0.2, 0.25) is 5.91 Å². The minimum absolute atomic E-state index is 0.0756. The lowest BCUT2D eigenvalue weighted by molar-refractivity contribution is -0.121. The standard InChI is InChI=1S/C19H22N2O3S/c1-14(12-15-4-7-20-8-5-15)21-19(22)6-11-25-16-2-3-17-18(13-16)24-10-9-23-17/h2-5,7-8,13-14H,6,9-12H2,1H3,(H,21,22). The van der Waals surface area contributed by atoms with Crippen molar-refractivity contribution < 1.29 is 14.3 Å². The fourth-order valence-corrected chi connectivity index (χ4v) is 3.52. The van der Waals surface area contributed by atoms with E-state index in [1.54, 1.807) is 24.2 Å². The molecule has 6 heteroatoms. The van der Waals surface area contributed by atoms with Crippen molar-refractivity contribution in [3.63, 3.8) is 0 Å². The van der Waals surface area contributed by atoms with Gasteiger partial charge < -0.3 is 14.8 Å². The highest BCUT2D eigenvalue weighted by Crippen LogP contribution is 2.34. The molecule has 1 aromatic carbocycles. The van der Waals surface area contributed by atoms with Crippen molar-refractivity contribution in [1.29, 1.82) is 0 Å². The molecule has 1 aliphatic heterocycles. The van der Waals surface area contributed by atoms with Crippen LogP contribution in [-0.4, -0.2) is 35.9 Å². The maximum Gasteiger partial charge on any atom is 0.221 e. The third-order valence-corrected chi connectivity index (χ3v) is 4.81. The van der Waals surface area contributed by atoms with Crippen LogP contribution in [0.25, 0.3) is 0 Å². The summed E-state index contributed by atoms with van der Waals surface area (Å²) < 4.78 is 11.1. The number of thioether (sulfide) groups is 1. The van der Waals surface area contributed by atoms with Gasteiger partial charge in [-0.25, -0.2) is 0 Å². The van der Waals surface area contributed by atoms with Crippen LogP contribution in [0.5, 0.6) is 11.5 Å². The number of rotatable bonds is 7. The van der Waals surface area contributed by atoms with Crippen LogP contribution in [0.4, 0.5) is 0 Å². The molecule has 0 spiro atoms. The van der Waals surface area contributed by atoms with E-state index in [-0.39, 0.29) is 11.9 Å². The lowest BCUT2D eigenvalue weighted by atomic mass is 10.1. The SMILES string of the molecule is CC(Cc1ccncc1)NC(=O)CCSc1ccc2c(c1)OCCO2. The molecule has 25 heavy (non-hydrogen) atoms. The van der Waals surface area contributed by atoms with Gasteiger partial charge in [0.1, 0.15) is 13.2 Å². The summed E-state index contributed by atoms with van der Waals surface area (Å²) in [4.78, 5) is 17.2. The number of ether oxygens (including phenoxy) is 2. The Kier molecular flexibility index (Phi) is 6.17. The van der Waals surface area contributed by atoms with Crippen molar-refractivity contribution >= 4 is 17.7 Å². The molecule has 3 rings (SSSR count). The van der Waals surface area contributed by atoms with Crippen LogP contribution < -0.4 is 14.8 Å². The smallest absolute Gasteiger partial charge is 0.221 e. The van der Waals surface area contributed by atoms with Crippen molar-refractivity contribution in [3.8, 4) is 11.5 Å². The van der Waals surface area contributed by atoms with Gasteiger partial charge >= 0.3 is 0 Å². The molecule has 1 atom stereocenters. The Balaban J connectivity index is 1.40. The van der Waals surface area contributed by atoms with Gasteiger partial charge in [-0.05, 0) is 49.2 Å². The van der Waals surface area contributed by atoms with Crippen LogP contribution in [-0.2, 0) is 11.2 Å². The molecule has 132 valence electrons. The first-order valence-corrected chi connectivity index (χ1v) is 9.40. The average Bonchev–Trinajstić information content (AvgIpc) is 2.62. The zero-order valence-electron chi connectivity index (χ0n) is 14.2. The number of nitrogens with one attached hydrogen (secondary N) is 1. The second-order valence-corrected chi connectivity index (χ2v) is 7.10. The number of hydrogen-bond donors (Lipinski definition) is 1. The maximum absolute atomic E-state index is 12.1. The number of fused-ring (bicyclic) bond motifs is 1. The molecule has 1 N–H and O–H groups in total. The summed E-state index contributed by atoms with van der Waals surface area (Å²) in [6.07, 6.45) is 4.84. The van der Waals surface area contributed by atoms with Crippen LogP contribution in [0.2, 0.25) is 0 Å². The summed E-state index contributed by atoms with van der Waals surface area (Å²) >= 11 is 1.65. The van der Waals surface area contributed by atoms with Crippen LogP contribution in [0.15, 0.2) is 47.6 Å². The molecule has 0 bridgehead atoms. The summed E-state index contributed by atoms with van der Waals surface area (Å²) in [7, 11) is 0. The second kappa shape index (κ2) is 8.76. The topological polar surface area (TPSA) is 60.5 Å². The van der Waals surface area contributed by atoms with E-state index >= 15 is 0 Å². The highest BCUT2D eigenvalue weighted by molar-refractivity contribution is 7.99. The Labute approximate surface area is 152 Å². The molecule has 5 nitrogen and oxygen atoms in total. The van der Waals surface area contributed by atoms with E-state index in [9.17, 15) is 4.79 Å². The minimum Gasteiger partial charge on any atom is -0.486 e. The van der Waals surface area contributed by atoms with Gasteiger partial charge in [0.05, 0.1) is 0 Å². The van der Waals surface area contributed by atoms with Gasteiger partial charge in [0.25, 0.3) is 0 Å². The van der Waals surface area contributed by atoms with Gasteiger partial charge in [-0.3, -0.25) is 9.78 Å². The fourth-order valence-electron chi connectivity index (χ4n) is 2.65. The van der Waals surface area contributed by atoms with Crippen molar-refractivity contribution in [1.82, 2.24) is 10.3 Å². The zero-order chi connectivity index (χ0) is 17.5. The number of carbonyl (C=O) groups excluding carboxylic acids is 1. The summed E-state index contributed by atoms with van der Waals surface area (Å²) in [5.74, 6) is 2.38. The predicted octanol–water partition coefficient (Wildman–Crippen LogP) is 3.08. The van der Waals surface area contributed by atoms with E-state index < -0.39 is 0 Å². The van der Waals surface area contributed by atoms with Gasteiger partial charge in [0.15, 0.2) is 11.5 Å². The predicted molar refractivity (Wildman–Crippen MR) is 98.3 cm³/mol. The van der Waals surface area contributed by atoms with Crippen molar-refractivity contribution in [2.75, 3.05) is 19.0 Å². The number of aromatic nitrogens is 1. The minimum atomic E-state index is 0.0756. The van der Waals surface area contributed by atoms with Crippen LogP contribution in [0.1, 0.15) is 18.9 Å². The van der Waals surface area contributed by atoms with Gasteiger partial charge in [-0.1, -0.05) is 0 Å². The van der Waals surface area contributed by atoms with E-state index in [4.69, 9.17) is 9.47 Å². The Hall–Kier alpha value is -2.21. The lowest BCUT2D eigenvalue weighted by Crippen LogP contribution is -2.34. The summed E-state index contributed by atoms with van der Waals surface area (Å²) in [5.41, 5.74) is 1.17. The van der Waals surface area contributed by atoms with E-state index in [1.807, 2.05) is 37.3 Å². The van der Waals surface area contributed by atoms with Crippen molar-refractivity contribution in [2.45, 2.75) is 30.7 Å². The third-order valence-electron chi connectivity index (χ3n) is 3.81. The Morgan fingerprint density at radius 1 is 1.20 bits per heavy atom. The van der Waals surface area contributed by atoms with E-state index in [2.05, 4.69) is 10.3 Å². The second-order valence-electron chi connectivity index (χ2n) is 5.93. The van der Waals surface area contributed by atoms with E-state index in [1.165, 1.54) is 5.56 Å². The first-order valence-electron chi connectivity index (χ1n) is 8.41. The molecular weight excluding hydrogens is 336 g/mol. The summed E-state index contributed by atoms with van der Waals surface area (Å²) in [6, 6.07) is 9.95. The van der Waals surface area contributed by atoms with Gasteiger partial charge in [0, 0.05) is 35.5 Å². The molecule has 0 fully saturated rings. The number of carbonyl (C=O) groups is 1. The zero-order valence-corrected chi connectivity index (χ0v) is 15.1. The van der Waals surface area contributed by atoms with Crippen LogP contribution >= 0.6 is 11.8 Å². The Bertz CT molecular complexity index is 709. The normalized spacial score (nSPS) is 14.0. The molecule has 1 amide bonds. The molecule has 1 aromatic heterocycles. The quantitative estimate of drug-likeness (QED) is 0.771. The van der Waals surface area contributed by atoms with Crippen molar-refractivity contribution in [3.05, 3.63) is 48.3 Å². The van der Waals surface area contributed by atoms with Gasteiger partial charge in [-0.2, -0.15) is 0 Å². The Morgan fingerprint density at radius 3 is 2.76 bits per heavy atom. The van der Waals surface area contributed by atoms with Crippen molar-refractivity contribution in [2.24, 2.45) is 0 Å². The first-order chi connectivity index (χ1) is 12.2. The lowest BCUT2D eigenvalue weighted by Gasteiger charge is -2.18. The number of benzene rings is 1. The largest absolute Gasteiger partial charge is 0.486 e. The molecule has 0 radical (unpaired) electrons. The number of nitrogens with zero attached hydrogens (tertiary/aromatic N) is 1. The highest BCUT2D eigenvalue weighted by atomic mass is 32.2. The molecular formula is C19H22N2O3S. The summed E-state index contributed by atoms with van der Waals surface area (Å²) in [6.45, 7) is 3.20. The molecule has 2 aromatic rings. The fraction of sp³-hybridized carbons (Fsp3) is 0.368. The average molecular weight is 358 g/mol. The molecule has 2 heterocycles. The monoisotopic (exact) mass is 358 g/mol. The van der Waals surface area contributed by atoms with E-state index in [0.717, 1.165) is 28.6 Å². The molecule has 1 unspecified atom stereocenters. The highest BCUT2D eigenvalue weighted by Gasteiger charge is 2.12. The van der Waals surface area contributed by atoms with Crippen LogP contribution in [0.3, 0.4) is 0 Å². The first kappa shape index (κ1) is 17.6. The van der Waals surface area contributed by atoms with Gasteiger partial charge in [-0.15, -0.1) is 11.8 Å². The molecule has 0 saturated heterocycles. The number of pyridine rings is 1. The van der Waals surface area contributed by atoms with Crippen LogP contribution in [0, 0.1) is 0 Å². The molecule has 0 aliphatic carbocycles. The van der Waals surface area contributed by atoms with E-state index in [0.29, 0.717) is 19.6 Å². The number of amides is 1. The third kappa shape index (κ3) is 5.39. The molecule has 1 aliphatic rings. The maximum atomic E-state index is 12.1.